The second-order valence-electron chi connectivity index (χ2n) is 13.5. The lowest BCUT2D eigenvalue weighted by Gasteiger charge is -2.29. The number of nitrogens with one attached hydrogen (secondary N) is 3. The van der Waals surface area contributed by atoms with Crippen molar-refractivity contribution in [1.29, 1.82) is 0 Å². The minimum absolute atomic E-state index is 0.00564. The normalized spacial score (nSPS) is 23.8. The first kappa shape index (κ1) is 39.4. The third-order valence-electron chi connectivity index (χ3n) is 9.62. The van der Waals surface area contributed by atoms with Gasteiger partial charge in [-0.25, -0.2) is 4.39 Å². The maximum Gasteiger partial charge on any atom is 0.225 e. The molecule has 3 aliphatic rings. The number of hydrogen-bond acceptors (Lipinski definition) is 8. The van der Waals surface area contributed by atoms with E-state index in [0.29, 0.717) is 58.7 Å². The first-order valence-corrected chi connectivity index (χ1v) is 18.2. The van der Waals surface area contributed by atoms with Crippen molar-refractivity contribution in [3.63, 3.8) is 0 Å². The van der Waals surface area contributed by atoms with Crippen LogP contribution >= 0.6 is 0 Å². The summed E-state index contributed by atoms with van der Waals surface area (Å²) in [4.78, 5) is 50.5. The number of benzene rings is 1. The van der Waals surface area contributed by atoms with Gasteiger partial charge in [-0.15, -0.1) is 0 Å². The molecule has 0 spiro atoms. The van der Waals surface area contributed by atoms with Crippen molar-refractivity contribution in [3.8, 4) is 5.75 Å². The topological polar surface area (TPSA) is 145 Å². The van der Waals surface area contributed by atoms with Gasteiger partial charge in [-0.1, -0.05) is 6.07 Å². The largest absolute Gasteiger partial charge is 0.488 e. The van der Waals surface area contributed by atoms with Crippen molar-refractivity contribution in [1.82, 2.24) is 20.9 Å². The number of carbonyl (C=O) groups is 4. The van der Waals surface area contributed by atoms with Crippen molar-refractivity contribution in [2.45, 2.75) is 95.3 Å². The molecule has 1 aliphatic heterocycles. The van der Waals surface area contributed by atoms with Gasteiger partial charge in [0.15, 0.2) is 11.6 Å². The molecule has 1 heterocycles. The summed E-state index contributed by atoms with van der Waals surface area (Å²) in [5, 5.41) is 8.94. The molecule has 4 amide bonds. The zero-order valence-electron chi connectivity index (χ0n) is 29.2. The summed E-state index contributed by atoms with van der Waals surface area (Å²) in [5.74, 6) is -2.51. The van der Waals surface area contributed by atoms with E-state index < -0.39 is 11.6 Å². The fourth-order valence-electron chi connectivity index (χ4n) is 6.67. The van der Waals surface area contributed by atoms with Crippen molar-refractivity contribution < 1.29 is 46.9 Å². The molecule has 1 saturated heterocycles. The molecule has 3 fully saturated rings. The summed E-state index contributed by atoms with van der Waals surface area (Å²) >= 11 is 0. The van der Waals surface area contributed by atoms with E-state index in [1.54, 1.807) is 11.9 Å². The van der Waals surface area contributed by atoms with E-state index in [2.05, 4.69) is 16.0 Å². The van der Waals surface area contributed by atoms with Gasteiger partial charge in [-0.3, -0.25) is 19.2 Å². The first-order valence-electron chi connectivity index (χ1n) is 18.2. The molecule has 3 N–H and O–H groups in total. The highest BCUT2D eigenvalue weighted by Gasteiger charge is 2.32. The number of nitrogens with zero attached hydrogens (tertiary/aromatic N) is 1. The van der Waals surface area contributed by atoms with Gasteiger partial charge in [-0.2, -0.15) is 4.39 Å². The Morgan fingerprint density at radius 3 is 2.18 bits per heavy atom. The SMILES string of the molecule is CN1CC(C(=O)NCCOC2CCC(OCCCC(=O)NC3CCC(C(=O)NCCCOCCOc4cccc(F)c4F)CC3)CC2)CC1=O. The molecule has 2 saturated carbocycles. The van der Waals surface area contributed by atoms with Gasteiger partial charge in [0, 0.05) is 64.7 Å². The summed E-state index contributed by atoms with van der Waals surface area (Å²) < 4.78 is 49.4. The average Bonchev–Trinajstić information content (AvgIpc) is 3.46. The van der Waals surface area contributed by atoms with Gasteiger partial charge in [0.05, 0.1) is 31.3 Å². The summed E-state index contributed by atoms with van der Waals surface area (Å²) in [7, 11) is 1.71. The number of ether oxygens (including phenoxy) is 4. The Balaban J connectivity index is 0.929. The number of halogens is 2. The van der Waals surface area contributed by atoms with E-state index in [0.717, 1.165) is 57.4 Å². The molecular formula is C36H54F2N4O8. The van der Waals surface area contributed by atoms with Gasteiger partial charge in [0.25, 0.3) is 0 Å². The summed E-state index contributed by atoms with van der Waals surface area (Å²) in [6.45, 7) is 3.10. The van der Waals surface area contributed by atoms with Crippen LogP contribution in [0.4, 0.5) is 8.78 Å². The lowest BCUT2D eigenvalue weighted by atomic mass is 9.85. The maximum atomic E-state index is 13.6. The third-order valence-corrected chi connectivity index (χ3v) is 9.62. The minimum Gasteiger partial charge on any atom is -0.488 e. The predicted octanol–water partition coefficient (Wildman–Crippen LogP) is 3.26. The molecule has 1 aromatic carbocycles. The minimum atomic E-state index is -1.02. The zero-order valence-corrected chi connectivity index (χ0v) is 29.2. The van der Waals surface area contributed by atoms with Crippen LogP contribution in [0.1, 0.15) is 77.0 Å². The number of carbonyl (C=O) groups excluding carboxylic acids is 4. The number of amides is 4. The highest BCUT2D eigenvalue weighted by molar-refractivity contribution is 5.89. The molecular weight excluding hydrogens is 654 g/mol. The highest BCUT2D eigenvalue weighted by Crippen LogP contribution is 2.26. The molecule has 12 nitrogen and oxygen atoms in total. The fraction of sp³-hybridized carbons (Fsp3) is 0.722. The van der Waals surface area contributed by atoms with Crippen molar-refractivity contribution in [3.05, 3.63) is 29.8 Å². The van der Waals surface area contributed by atoms with E-state index in [1.807, 2.05) is 0 Å². The quantitative estimate of drug-likeness (QED) is 0.175. The fourth-order valence-corrected chi connectivity index (χ4v) is 6.67. The molecule has 14 heteroatoms. The number of likely N-dealkylation sites (tertiary alicyclic amines) is 1. The van der Waals surface area contributed by atoms with Gasteiger partial charge < -0.3 is 39.8 Å². The van der Waals surface area contributed by atoms with Crippen LogP contribution in [0.25, 0.3) is 0 Å². The van der Waals surface area contributed by atoms with Crippen LogP contribution in [0.2, 0.25) is 0 Å². The van der Waals surface area contributed by atoms with E-state index in [-0.39, 0.29) is 79.1 Å². The third kappa shape index (κ3) is 13.4. The highest BCUT2D eigenvalue weighted by atomic mass is 19.2. The second kappa shape index (κ2) is 21.1. The standard InChI is InChI=1S/C36H54F2N4O8/c1-42-24-26(23-33(42)44)36(46)40-17-20-49-29-14-12-28(13-15-29)48-19-3-7-32(43)41-27-10-8-25(9-11-27)35(45)39-16-4-18-47-21-22-50-31-6-2-5-30(37)34(31)38/h2,5-6,25-29H,3-4,7-24H2,1H3,(H,39,45)(H,40,46)(H,41,43). The molecule has 50 heavy (non-hydrogen) atoms. The van der Waals surface area contributed by atoms with Crippen molar-refractivity contribution in [2.75, 3.05) is 59.7 Å². The molecule has 1 atom stereocenters. The molecule has 0 bridgehead atoms. The van der Waals surface area contributed by atoms with Crippen LogP contribution in [-0.2, 0) is 33.4 Å². The number of hydrogen-bond donors (Lipinski definition) is 3. The maximum absolute atomic E-state index is 13.6. The van der Waals surface area contributed by atoms with Crippen LogP contribution < -0.4 is 20.7 Å². The Kier molecular flexibility index (Phi) is 16.6. The Bertz CT molecular complexity index is 1240. The smallest absolute Gasteiger partial charge is 0.225 e. The van der Waals surface area contributed by atoms with Gasteiger partial charge in [0.1, 0.15) is 6.61 Å². The molecule has 0 aromatic heterocycles. The Morgan fingerprint density at radius 2 is 1.48 bits per heavy atom. The first-order chi connectivity index (χ1) is 24.2. The van der Waals surface area contributed by atoms with Crippen LogP contribution in [0, 0.1) is 23.5 Å². The summed E-state index contributed by atoms with van der Waals surface area (Å²) in [6, 6.07) is 3.85. The van der Waals surface area contributed by atoms with Crippen LogP contribution in [0.15, 0.2) is 18.2 Å². The zero-order chi connectivity index (χ0) is 35.7. The van der Waals surface area contributed by atoms with Crippen molar-refractivity contribution >= 4 is 23.6 Å². The lowest BCUT2D eigenvalue weighted by molar-refractivity contribution is -0.128. The van der Waals surface area contributed by atoms with Crippen LogP contribution in [0.3, 0.4) is 0 Å². The Labute approximate surface area is 293 Å². The van der Waals surface area contributed by atoms with Gasteiger partial charge in [-0.05, 0) is 76.3 Å². The second-order valence-corrected chi connectivity index (χ2v) is 13.5. The summed E-state index contributed by atoms with van der Waals surface area (Å²) in [5.41, 5.74) is 0. The van der Waals surface area contributed by atoms with E-state index in [1.165, 1.54) is 12.1 Å². The number of rotatable bonds is 20. The summed E-state index contributed by atoms with van der Waals surface area (Å²) in [6.07, 6.45) is 8.89. The van der Waals surface area contributed by atoms with E-state index >= 15 is 0 Å². The van der Waals surface area contributed by atoms with Crippen LogP contribution in [-0.4, -0.2) is 106 Å². The monoisotopic (exact) mass is 708 g/mol. The molecule has 1 unspecified atom stereocenters. The molecule has 280 valence electrons. The van der Waals surface area contributed by atoms with Crippen LogP contribution in [0.5, 0.6) is 5.75 Å². The molecule has 0 radical (unpaired) electrons. The van der Waals surface area contributed by atoms with E-state index in [4.69, 9.17) is 18.9 Å². The van der Waals surface area contributed by atoms with Gasteiger partial charge >= 0.3 is 0 Å². The molecule has 1 aromatic rings. The van der Waals surface area contributed by atoms with Crippen molar-refractivity contribution in [2.24, 2.45) is 11.8 Å². The van der Waals surface area contributed by atoms with Gasteiger partial charge in [0.2, 0.25) is 29.4 Å². The van der Waals surface area contributed by atoms with E-state index in [9.17, 15) is 28.0 Å². The molecule has 2 aliphatic carbocycles. The Hall–Kier alpha value is -3.36. The average molecular weight is 709 g/mol. The lowest BCUT2D eigenvalue weighted by Crippen LogP contribution is -2.41. The molecule has 4 rings (SSSR count). The predicted molar refractivity (Wildman–Crippen MR) is 180 cm³/mol. The Morgan fingerprint density at radius 1 is 0.800 bits per heavy atom.